The monoisotopic (exact) mass is 314 g/mol. The highest BCUT2D eigenvalue weighted by Gasteiger charge is 2.10. The van der Waals surface area contributed by atoms with Gasteiger partial charge in [-0.05, 0) is 24.3 Å². The van der Waals surface area contributed by atoms with Gasteiger partial charge in [0, 0.05) is 31.6 Å². The summed E-state index contributed by atoms with van der Waals surface area (Å²) >= 11 is 0. The van der Waals surface area contributed by atoms with Crippen molar-refractivity contribution in [1.82, 2.24) is 0 Å². The van der Waals surface area contributed by atoms with Crippen LogP contribution in [0.1, 0.15) is 0 Å². The van der Waals surface area contributed by atoms with Gasteiger partial charge in [-0.1, -0.05) is 24.3 Å². The number of amides is 1. The van der Waals surface area contributed by atoms with Crippen LogP contribution in [-0.2, 0) is 9.53 Å². The first-order valence-electron chi connectivity index (χ1n) is 7.48. The van der Waals surface area contributed by atoms with Crippen molar-refractivity contribution in [3.8, 4) is 5.75 Å². The first-order chi connectivity index (χ1) is 11.2. The Balaban J connectivity index is 1.87. The van der Waals surface area contributed by atoms with Crippen molar-refractivity contribution >= 4 is 17.3 Å². The van der Waals surface area contributed by atoms with Crippen LogP contribution in [0.25, 0.3) is 0 Å². The van der Waals surface area contributed by atoms with E-state index in [-0.39, 0.29) is 12.5 Å². The molecule has 0 unspecified atom stereocenters. The van der Waals surface area contributed by atoms with Crippen LogP contribution in [0.15, 0.2) is 54.6 Å². The Bertz CT molecular complexity index is 617. The average molecular weight is 314 g/mol. The highest BCUT2D eigenvalue weighted by molar-refractivity contribution is 5.95. The number of para-hydroxylation sites is 1. The molecule has 2 aromatic carbocycles. The Kier molecular flexibility index (Phi) is 6.44. The molecule has 0 atom stereocenters. The Morgan fingerprint density at radius 1 is 1.09 bits per heavy atom. The van der Waals surface area contributed by atoms with Gasteiger partial charge < -0.3 is 19.7 Å². The lowest BCUT2D eigenvalue weighted by Gasteiger charge is -2.18. The topological polar surface area (TPSA) is 50.8 Å². The fraction of sp³-hybridized carbons (Fsp3) is 0.278. The molecule has 0 fully saturated rings. The van der Waals surface area contributed by atoms with Crippen LogP contribution in [-0.4, -0.2) is 39.8 Å². The molecule has 0 saturated carbocycles. The van der Waals surface area contributed by atoms with E-state index in [9.17, 15) is 4.79 Å². The summed E-state index contributed by atoms with van der Waals surface area (Å²) in [5.41, 5.74) is 1.71. The van der Waals surface area contributed by atoms with Crippen LogP contribution in [0.5, 0.6) is 5.75 Å². The van der Waals surface area contributed by atoms with Crippen LogP contribution in [0.3, 0.4) is 0 Å². The Morgan fingerprint density at radius 3 is 2.61 bits per heavy atom. The molecule has 0 aromatic heterocycles. The molecule has 2 aromatic rings. The van der Waals surface area contributed by atoms with Gasteiger partial charge in [-0.3, -0.25) is 4.79 Å². The maximum absolute atomic E-state index is 12.2. The molecule has 0 aliphatic carbocycles. The van der Waals surface area contributed by atoms with Gasteiger partial charge in [-0.15, -0.1) is 0 Å². The van der Waals surface area contributed by atoms with Crippen molar-refractivity contribution in [3.63, 3.8) is 0 Å². The predicted molar refractivity (Wildman–Crippen MR) is 92.2 cm³/mol. The lowest BCUT2D eigenvalue weighted by atomic mass is 10.3. The van der Waals surface area contributed by atoms with Gasteiger partial charge in [0.25, 0.3) is 0 Å². The first kappa shape index (κ1) is 16.8. The number of rotatable bonds is 8. The van der Waals surface area contributed by atoms with Crippen molar-refractivity contribution in [2.45, 2.75) is 0 Å². The number of carbonyl (C=O) groups excluding carboxylic acids is 1. The van der Waals surface area contributed by atoms with Crippen molar-refractivity contribution in [1.29, 1.82) is 0 Å². The van der Waals surface area contributed by atoms with E-state index in [1.54, 1.807) is 19.1 Å². The summed E-state index contributed by atoms with van der Waals surface area (Å²) in [4.78, 5) is 13.9. The minimum atomic E-state index is -0.0121. The van der Waals surface area contributed by atoms with E-state index in [1.165, 1.54) is 0 Å². The first-order valence-corrected chi connectivity index (χ1v) is 7.48. The van der Waals surface area contributed by atoms with E-state index in [1.807, 2.05) is 54.6 Å². The number of anilines is 2. The number of nitrogens with one attached hydrogen (secondary N) is 1. The number of carbonyl (C=O) groups is 1. The summed E-state index contributed by atoms with van der Waals surface area (Å²) in [5, 5.41) is 3.12. The quantitative estimate of drug-likeness (QED) is 0.761. The van der Waals surface area contributed by atoms with Crippen molar-refractivity contribution in [2.75, 3.05) is 44.1 Å². The number of hydrogen-bond donors (Lipinski definition) is 1. The van der Waals surface area contributed by atoms with Gasteiger partial charge in [-0.2, -0.15) is 0 Å². The molecule has 23 heavy (non-hydrogen) atoms. The molecule has 5 heteroatoms. The van der Waals surface area contributed by atoms with Gasteiger partial charge in [0.2, 0.25) is 5.91 Å². The number of benzene rings is 2. The minimum absolute atomic E-state index is 0.0121. The molecule has 0 heterocycles. The second kappa shape index (κ2) is 8.80. The largest absolute Gasteiger partial charge is 0.491 e. The Labute approximate surface area is 136 Å². The third kappa shape index (κ3) is 5.30. The summed E-state index contributed by atoms with van der Waals surface area (Å²) in [6.45, 7) is 1.25. The van der Waals surface area contributed by atoms with Crippen molar-refractivity contribution in [2.24, 2.45) is 0 Å². The van der Waals surface area contributed by atoms with E-state index in [2.05, 4.69) is 5.32 Å². The maximum Gasteiger partial charge on any atom is 0.246 e. The molecule has 5 nitrogen and oxygen atoms in total. The van der Waals surface area contributed by atoms with Crippen LogP contribution in [0.4, 0.5) is 11.4 Å². The van der Waals surface area contributed by atoms with Gasteiger partial charge in [0.1, 0.15) is 12.4 Å². The van der Waals surface area contributed by atoms with Crippen LogP contribution in [0.2, 0.25) is 0 Å². The fourth-order valence-electron chi connectivity index (χ4n) is 2.03. The minimum Gasteiger partial charge on any atom is -0.491 e. The summed E-state index contributed by atoms with van der Waals surface area (Å²) in [6.07, 6.45) is 0. The van der Waals surface area contributed by atoms with E-state index >= 15 is 0 Å². The zero-order valence-corrected chi connectivity index (χ0v) is 13.5. The zero-order valence-electron chi connectivity index (χ0n) is 13.5. The molecule has 2 rings (SSSR count). The second-order valence-electron chi connectivity index (χ2n) is 5.01. The smallest absolute Gasteiger partial charge is 0.246 e. The van der Waals surface area contributed by atoms with Crippen molar-refractivity contribution in [3.05, 3.63) is 54.6 Å². The molecule has 0 spiro atoms. The summed E-state index contributed by atoms with van der Waals surface area (Å²) in [5.74, 6) is 0.734. The van der Waals surface area contributed by atoms with E-state index in [4.69, 9.17) is 9.47 Å². The maximum atomic E-state index is 12.2. The van der Waals surface area contributed by atoms with Crippen LogP contribution >= 0.6 is 0 Å². The molecule has 1 amide bonds. The number of methoxy groups -OCH3 is 1. The molecular formula is C18H22N2O3. The molecule has 0 bridgehead atoms. The zero-order chi connectivity index (χ0) is 16.5. The highest BCUT2D eigenvalue weighted by Crippen LogP contribution is 2.17. The molecule has 122 valence electrons. The standard InChI is InChI=1S/C18H22N2O3/c1-20(16-8-4-3-5-9-16)18(21)14-19-15-7-6-10-17(13-15)23-12-11-22-2/h3-10,13,19H,11-12,14H2,1-2H3. The normalized spacial score (nSPS) is 10.2. The number of nitrogens with zero attached hydrogens (tertiary/aromatic N) is 1. The van der Waals surface area contributed by atoms with E-state index in [0.29, 0.717) is 13.2 Å². The summed E-state index contributed by atoms with van der Waals surface area (Å²) in [6, 6.07) is 17.1. The van der Waals surface area contributed by atoms with Gasteiger partial charge in [0.15, 0.2) is 0 Å². The average Bonchev–Trinajstić information content (AvgIpc) is 2.60. The molecular weight excluding hydrogens is 292 g/mol. The number of hydrogen-bond acceptors (Lipinski definition) is 4. The van der Waals surface area contributed by atoms with Crippen LogP contribution < -0.4 is 15.0 Å². The van der Waals surface area contributed by atoms with Gasteiger partial charge in [-0.25, -0.2) is 0 Å². The third-order valence-electron chi connectivity index (χ3n) is 3.35. The third-order valence-corrected chi connectivity index (χ3v) is 3.35. The highest BCUT2D eigenvalue weighted by atomic mass is 16.5. The second-order valence-corrected chi connectivity index (χ2v) is 5.01. The SMILES string of the molecule is COCCOc1cccc(NCC(=O)N(C)c2ccccc2)c1. The molecule has 0 saturated heterocycles. The fourth-order valence-corrected chi connectivity index (χ4v) is 2.03. The lowest BCUT2D eigenvalue weighted by molar-refractivity contribution is -0.116. The predicted octanol–water partition coefficient (Wildman–Crippen LogP) is 2.79. The van der Waals surface area contributed by atoms with Gasteiger partial charge in [0.05, 0.1) is 13.2 Å². The molecule has 0 aliphatic heterocycles. The molecule has 1 N–H and O–H groups in total. The summed E-state index contributed by atoms with van der Waals surface area (Å²) in [7, 11) is 3.40. The number of ether oxygens (including phenoxy) is 2. The Morgan fingerprint density at radius 2 is 1.87 bits per heavy atom. The van der Waals surface area contributed by atoms with Crippen molar-refractivity contribution < 1.29 is 14.3 Å². The van der Waals surface area contributed by atoms with E-state index < -0.39 is 0 Å². The Hall–Kier alpha value is -2.53. The number of likely N-dealkylation sites (N-methyl/N-ethyl adjacent to an activating group) is 1. The van der Waals surface area contributed by atoms with E-state index in [0.717, 1.165) is 17.1 Å². The van der Waals surface area contributed by atoms with Crippen LogP contribution in [0, 0.1) is 0 Å². The summed E-state index contributed by atoms with van der Waals surface area (Å²) < 4.78 is 10.5. The molecule has 0 radical (unpaired) electrons. The lowest BCUT2D eigenvalue weighted by Crippen LogP contribution is -2.32. The van der Waals surface area contributed by atoms with Gasteiger partial charge >= 0.3 is 0 Å². The molecule has 0 aliphatic rings.